The molecule has 3 unspecified atom stereocenters. The summed E-state index contributed by atoms with van der Waals surface area (Å²) < 4.78 is 23.4. The highest BCUT2D eigenvalue weighted by Crippen LogP contribution is 2.24. The van der Waals surface area contributed by atoms with Crippen molar-refractivity contribution in [1.82, 2.24) is 5.32 Å². The van der Waals surface area contributed by atoms with Crippen LogP contribution < -0.4 is 5.32 Å². The van der Waals surface area contributed by atoms with Gasteiger partial charge < -0.3 is 10.4 Å². The predicted molar refractivity (Wildman–Crippen MR) is 85.0 cm³/mol. The molecule has 5 heteroatoms. The molecule has 1 aliphatic rings. The molecule has 0 amide bonds. The third-order valence-electron chi connectivity index (χ3n) is 4.25. The molecule has 1 fully saturated rings. The molecule has 4 nitrogen and oxygen atoms in total. The summed E-state index contributed by atoms with van der Waals surface area (Å²) in [5.74, 6) is 0. The van der Waals surface area contributed by atoms with Gasteiger partial charge in [0.1, 0.15) is 9.84 Å². The summed E-state index contributed by atoms with van der Waals surface area (Å²) in [5, 5.41) is 12.8. The van der Waals surface area contributed by atoms with Crippen molar-refractivity contribution in [3.8, 4) is 0 Å². The van der Waals surface area contributed by atoms with E-state index in [1.54, 1.807) is 0 Å². The van der Waals surface area contributed by atoms with Crippen molar-refractivity contribution in [2.24, 2.45) is 0 Å². The number of sulfone groups is 1. The minimum absolute atomic E-state index is 0.0179. The third kappa shape index (κ3) is 5.09. The van der Waals surface area contributed by atoms with Gasteiger partial charge in [0.25, 0.3) is 0 Å². The zero-order chi connectivity index (χ0) is 15.3. The predicted octanol–water partition coefficient (Wildman–Crippen LogP) is 1.54. The Bertz CT molecular complexity index is 530. The Kier molecular flexibility index (Phi) is 5.79. The average molecular weight is 311 g/mol. The van der Waals surface area contributed by atoms with Crippen molar-refractivity contribution in [1.29, 1.82) is 0 Å². The molecule has 0 radical (unpaired) electrons. The summed E-state index contributed by atoms with van der Waals surface area (Å²) in [6.07, 6.45) is 5.42. The Hall–Kier alpha value is -0.910. The summed E-state index contributed by atoms with van der Waals surface area (Å²) >= 11 is 0. The molecule has 118 valence electrons. The third-order valence-corrected chi connectivity index (χ3v) is 5.89. The second kappa shape index (κ2) is 7.38. The summed E-state index contributed by atoms with van der Waals surface area (Å²) in [6.45, 7) is 0.0644. The van der Waals surface area contributed by atoms with Crippen LogP contribution in [0.25, 0.3) is 0 Å². The first-order valence-electron chi connectivity index (χ1n) is 7.58. The van der Waals surface area contributed by atoms with Crippen molar-refractivity contribution in [3.63, 3.8) is 0 Å². The molecule has 1 aliphatic carbocycles. The highest BCUT2D eigenvalue weighted by atomic mass is 32.2. The fraction of sp³-hybridized carbons (Fsp3) is 0.625. The van der Waals surface area contributed by atoms with E-state index in [1.165, 1.54) is 11.8 Å². The van der Waals surface area contributed by atoms with Crippen LogP contribution in [0.4, 0.5) is 0 Å². The lowest BCUT2D eigenvalue weighted by atomic mass is 9.93. The Morgan fingerprint density at radius 1 is 1.29 bits per heavy atom. The van der Waals surface area contributed by atoms with E-state index in [0.29, 0.717) is 6.42 Å². The lowest BCUT2D eigenvalue weighted by Crippen LogP contribution is -2.46. The minimum Gasteiger partial charge on any atom is -0.395 e. The Morgan fingerprint density at radius 2 is 2.00 bits per heavy atom. The maximum atomic E-state index is 11.7. The molecule has 0 bridgehead atoms. The number of rotatable bonds is 6. The molecule has 0 saturated heterocycles. The number of aliphatic hydroxyl groups excluding tert-OH is 1. The van der Waals surface area contributed by atoms with E-state index in [9.17, 15) is 13.5 Å². The van der Waals surface area contributed by atoms with Gasteiger partial charge in [-0.15, -0.1) is 0 Å². The number of hydrogen-bond acceptors (Lipinski definition) is 4. The van der Waals surface area contributed by atoms with Crippen LogP contribution in [0.1, 0.15) is 31.2 Å². The van der Waals surface area contributed by atoms with Crippen molar-refractivity contribution in [3.05, 3.63) is 35.9 Å². The van der Waals surface area contributed by atoms with E-state index in [0.717, 1.165) is 25.7 Å². The molecule has 0 spiro atoms. The van der Waals surface area contributed by atoms with Crippen LogP contribution in [0.2, 0.25) is 0 Å². The zero-order valence-corrected chi connectivity index (χ0v) is 13.3. The molecular formula is C16H25NO3S. The molecular weight excluding hydrogens is 286 g/mol. The van der Waals surface area contributed by atoms with Gasteiger partial charge in [-0.05, 0) is 31.2 Å². The summed E-state index contributed by atoms with van der Waals surface area (Å²) in [5.41, 5.74) is 1.18. The van der Waals surface area contributed by atoms with Crippen LogP contribution in [0, 0.1) is 0 Å². The summed E-state index contributed by atoms with van der Waals surface area (Å²) in [6, 6.07) is 10.2. The summed E-state index contributed by atoms with van der Waals surface area (Å²) in [4.78, 5) is 0. The highest BCUT2D eigenvalue weighted by molar-refractivity contribution is 7.91. The number of aliphatic hydroxyl groups is 1. The first kappa shape index (κ1) is 16.5. The van der Waals surface area contributed by atoms with E-state index in [4.69, 9.17) is 0 Å². The van der Waals surface area contributed by atoms with Crippen LogP contribution in [0.3, 0.4) is 0 Å². The highest BCUT2D eigenvalue weighted by Gasteiger charge is 2.29. The van der Waals surface area contributed by atoms with E-state index < -0.39 is 9.84 Å². The first-order chi connectivity index (χ1) is 9.99. The van der Waals surface area contributed by atoms with Gasteiger partial charge in [-0.1, -0.05) is 36.8 Å². The largest absolute Gasteiger partial charge is 0.395 e. The number of hydrogen-bond donors (Lipinski definition) is 2. The first-order valence-corrected chi connectivity index (χ1v) is 9.54. The van der Waals surface area contributed by atoms with Crippen molar-refractivity contribution < 1.29 is 13.5 Å². The van der Waals surface area contributed by atoms with Crippen LogP contribution in [-0.4, -0.2) is 43.7 Å². The Balaban J connectivity index is 1.92. The van der Waals surface area contributed by atoms with E-state index in [2.05, 4.69) is 5.32 Å². The second-order valence-electron chi connectivity index (χ2n) is 6.05. The molecule has 0 aliphatic heterocycles. The Labute approximate surface area is 127 Å². The molecule has 2 N–H and O–H groups in total. The SMILES string of the molecule is CS(=O)(=O)C1CCCC(NC(CO)Cc2ccccc2)C1. The van der Waals surface area contributed by atoms with Gasteiger partial charge >= 0.3 is 0 Å². The van der Waals surface area contributed by atoms with E-state index in [1.807, 2.05) is 30.3 Å². The van der Waals surface area contributed by atoms with Gasteiger partial charge in [0.05, 0.1) is 11.9 Å². The minimum atomic E-state index is -2.96. The molecule has 2 rings (SSSR count). The van der Waals surface area contributed by atoms with Crippen LogP contribution >= 0.6 is 0 Å². The molecule has 3 atom stereocenters. The maximum Gasteiger partial charge on any atom is 0.150 e. The lowest BCUT2D eigenvalue weighted by molar-refractivity contribution is 0.218. The van der Waals surface area contributed by atoms with Crippen molar-refractivity contribution in [2.45, 2.75) is 49.4 Å². The van der Waals surface area contributed by atoms with Crippen molar-refractivity contribution in [2.75, 3.05) is 12.9 Å². The van der Waals surface area contributed by atoms with Gasteiger partial charge in [-0.25, -0.2) is 8.42 Å². The van der Waals surface area contributed by atoms with E-state index >= 15 is 0 Å². The summed E-state index contributed by atoms with van der Waals surface area (Å²) in [7, 11) is -2.96. The monoisotopic (exact) mass is 311 g/mol. The standard InChI is InChI=1S/C16H25NO3S/c1-21(19,20)16-9-5-8-14(11-16)17-15(12-18)10-13-6-3-2-4-7-13/h2-4,6-7,14-18H,5,8-12H2,1H3. The van der Waals surface area contributed by atoms with Gasteiger partial charge in [0.15, 0.2) is 0 Å². The van der Waals surface area contributed by atoms with Crippen molar-refractivity contribution >= 4 is 9.84 Å². The van der Waals surface area contributed by atoms with Gasteiger partial charge in [-0.3, -0.25) is 0 Å². The van der Waals surface area contributed by atoms with Gasteiger partial charge in [-0.2, -0.15) is 0 Å². The molecule has 1 aromatic rings. The van der Waals surface area contributed by atoms with Crippen LogP contribution in [-0.2, 0) is 16.3 Å². The van der Waals surface area contributed by atoms with E-state index in [-0.39, 0.29) is 23.9 Å². The topological polar surface area (TPSA) is 66.4 Å². The quantitative estimate of drug-likeness (QED) is 0.836. The normalized spacial score (nSPS) is 24.7. The molecule has 1 aromatic carbocycles. The van der Waals surface area contributed by atoms with Crippen LogP contribution in [0.15, 0.2) is 30.3 Å². The van der Waals surface area contributed by atoms with Crippen LogP contribution in [0.5, 0.6) is 0 Å². The Morgan fingerprint density at radius 3 is 2.62 bits per heavy atom. The molecule has 1 saturated carbocycles. The average Bonchev–Trinajstić information content (AvgIpc) is 2.47. The molecule has 21 heavy (non-hydrogen) atoms. The lowest BCUT2D eigenvalue weighted by Gasteiger charge is -2.31. The smallest absolute Gasteiger partial charge is 0.150 e. The number of benzene rings is 1. The fourth-order valence-electron chi connectivity index (χ4n) is 3.09. The zero-order valence-electron chi connectivity index (χ0n) is 12.5. The van der Waals surface area contributed by atoms with Gasteiger partial charge in [0.2, 0.25) is 0 Å². The number of nitrogens with one attached hydrogen (secondary N) is 1. The van der Waals surface area contributed by atoms with Gasteiger partial charge in [0, 0.05) is 18.3 Å². The second-order valence-corrected chi connectivity index (χ2v) is 8.38. The molecule has 0 heterocycles. The fourth-order valence-corrected chi connectivity index (χ4v) is 4.27. The molecule has 0 aromatic heterocycles. The maximum absolute atomic E-state index is 11.7.